The van der Waals surface area contributed by atoms with Gasteiger partial charge in [-0.15, -0.1) is 11.3 Å². The van der Waals surface area contributed by atoms with Gasteiger partial charge in [-0.2, -0.15) is 0 Å². The Bertz CT molecular complexity index is 762. The van der Waals surface area contributed by atoms with E-state index in [2.05, 4.69) is 4.98 Å². The first-order valence-electron chi connectivity index (χ1n) is 5.74. The summed E-state index contributed by atoms with van der Waals surface area (Å²) >= 11 is 1.21. The van der Waals surface area contributed by atoms with E-state index in [0.717, 1.165) is 11.8 Å². The van der Waals surface area contributed by atoms with Gasteiger partial charge in [0, 0.05) is 17.2 Å². The van der Waals surface area contributed by atoms with Crippen LogP contribution in [0.1, 0.15) is 10.6 Å². The fourth-order valence-corrected chi connectivity index (χ4v) is 3.48. The van der Waals surface area contributed by atoms with Crippen LogP contribution in [0.4, 0.5) is 0 Å². The van der Waals surface area contributed by atoms with Crippen LogP contribution in [0.2, 0.25) is 0 Å². The SMILES string of the molecule is Cc1ccc(S(C)(=O)=O)c(-c2csc(CC(=O)O)n2)c1. The van der Waals surface area contributed by atoms with Gasteiger partial charge in [-0.25, -0.2) is 13.4 Å². The van der Waals surface area contributed by atoms with Gasteiger partial charge in [0.2, 0.25) is 0 Å². The number of benzene rings is 1. The predicted molar refractivity (Wildman–Crippen MR) is 76.7 cm³/mol. The summed E-state index contributed by atoms with van der Waals surface area (Å²) in [5.41, 5.74) is 1.93. The molecule has 0 aliphatic rings. The van der Waals surface area contributed by atoms with Crippen LogP contribution in [-0.4, -0.2) is 30.7 Å². The lowest BCUT2D eigenvalue weighted by molar-refractivity contribution is -0.136. The Labute approximate surface area is 120 Å². The van der Waals surface area contributed by atoms with Crippen molar-refractivity contribution in [3.8, 4) is 11.3 Å². The third-order valence-corrected chi connectivity index (χ3v) is 4.67. The molecule has 0 unspecified atom stereocenters. The number of aromatic nitrogens is 1. The van der Waals surface area contributed by atoms with E-state index in [1.54, 1.807) is 23.6 Å². The summed E-state index contributed by atoms with van der Waals surface area (Å²) in [4.78, 5) is 15.1. The van der Waals surface area contributed by atoms with Crippen LogP contribution >= 0.6 is 11.3 Å². The van der Waals surface area contributed by atoms with Crippen LogP contribution in [0.25, 0.3) is 11.3 Å². The Morgan fingerprint density at radius 1 is 1.40 bits per heavy atom. The number of carboxylic acid groups (broad SMARTS) is 1. The number of aryl methyl sites for hydroxylation is 1. The minimum absolute atomic E-state index is 0.162. The van der Waals surface area contributed by atoms with Gasteiger partial charge in [0.25, 0.3) is 0 Å². The summed E-state index contributed by atoms with van der Waals surface area (Å²) in [5, 5.41) is 10.9. The number of thiazole rings is 1. The highest BCUT2D eigenvalue weighted by atomic mass is 32.2. The minimum atomic E-state index is -3.36. The van der Waals surface area contributed by atoms with Crippen LogP contribution in [-0.2, 0) is 21.1 Å². The fourth-order valence-electron chi connectivity index (χ4n) is 1.81. The molecule has 1 heterocycles. The first-order chi connectivity index (χ1) is 9.27. The summed E-state index contributed by atoms with van der Waals surface area (Å²) in [6.45, 7) is 1.86. The topological polar surface area (TPSA) is 84.3 Å². The molecule has 0 aliphatic heterocycles. The summed E-state index contributed by atoms with van der Waals surface area (Å²) in [5.74, 6) is -0.960. The van der Waals surface area contributed by atoms with Crippen molar-refractivity contribution in [2.75, 3.05) is 6.26 Å². The van der Waals surface area contributed by atoms with E-state index < -0.39 is 15.8 Å². The lowest BCUT2D eigenvalue weighted by Gasteiger charge is -2.06. The highest BCUT2D eigenvalue weighted by molar-refractivity contribution is 7.90. The molecule has 7 heteroatoms. The first kappa shape index (κ1) is 14.7. The van der Waals surface area contributed by atoms with Gasteiger partial charge < -0.3 is 5.11 Å². The third-order valence-electron chi connectivity index (χ3n) is 2.66. The van der Waals surface area contributed by atoms with E-state index in [-0.39, 0.29) is 11.3 Å². The molecule has 0 atom stereocenters. The van der Waals surface area contributed by atoms with Gasteiger partial charge in [0.1, 0.15) is 5.01 Å². The number of hydrogen-bond acceptors (Lipinski definition) is 5. The maximum Gasteiger partial charge on any atom is 0.310 e. The molecule has 1 aromatic heterocycles. The first-order valence-corrected chi connectivity index (χ1v) is 8.52. The van der Waals surface area contributed by atoms with Gasteiger partial charge >= 0.3 is 5.97 Å². The van der Waals surface area contributed by atoms with Crippen LogP contribution in [0.3, 0.4) is 0 Å². The maximum absolute atomic E-state index is 11.8. The number of rotatable bonds is 4. The molecule has 0 saturated heterocycles. The van der Waals surface area contributed by atoms with Crippen molar-refractivity contribution < 1.29 is 18.3 Å². The number of sulfone groups is 1. The Morgan fingerprint density at radius 2 is 2.10 bits per heavy atom. The third kappa shape index (κ3) is 3.23. The van der Waals surface area contributed by atoms with Gasteiger partial charge in [0.15, 0.2) is 9.84 Å². The van der Waals surface area contributed by atoms with Crippen molar-refractivity contribution in [2.24, 2.45) is 0 Å². The molecule has 0 bridgehead atoms. The molecule has 2 rings (SSSR count). The van der Waals surface area contributed by atoms with Crippen LogP contribution < -0.4 is 0 Å². The monoisotopic (exact) mass is 311 g/mol. The van der Waals surface area contributed by atoms with Crippen LogP contribution in [0, 0.1) is 6.92 Å². The van der Waals surface area contributed by atoms with Gasteiger partial charge in [-0.3, -0.25) is 4.79 Å². The Hall–Kier alpha value is -1.73. The van der Waals surface area contributed by atoms with E-state index in [9.17, 15) is 13.2 Å². The molecule has 0 fully saturated rings. The average molecular weight is 311 g/mol. The summed E-state index contributed by atoms with van der Waals surface area (Å²) < 4.78 is 23.6. The number of carboxylic acids is 1. The van der Waals surface area contributed by atoms with Gasteiger partial charge in [-0.05, 0) is 19.1 Å². The molecule has 20 heavy (non-hydrogen) atoms. The van der Waals surface area contributed by atoms with Crippen LogP contribution in [0.15, 0.2) is 28.5 Å². The quantitative estimate of drug-likeness (QED) is 0.935. The van der Waals surface area contributed by atoms with E-state index in [1.165, 1.54) is 11.3 Å². The van der Waals surface area contributed by atoms with Gasteiger partial charge in [0.05, 0.1) is 17.0 Å². The number of aliphatic carboxylic acids is 1. The normalized spacial score (nSPS) is 11.5. The lowest BCUT2D eigenvalue weighted by Crippen LogP contribution is -2.01. The zero-order valence-corrected chi connectivity index (χ0v) is 12.6. The molecule has 1 aromatic carbocycles. The molecule has 2 aromatic rings. The summed E-state index contributed by atoms with van der Waals surface area (Å²) in [7, 11) is -3.36. The van der Waals surface area contributed by atoms with Crippen molar-refractivity contribution >= 4 is 27.1 Å². The molecule has 0 aliphatic carbocycles. The highest BCUT2D eigenvalue weighted by Crippen LogP contribution is 2.29. The standard InChI is InChI=1S/C13H13NO4S2/c1-8-3-4-11(20(2,17)18)9(5-8)10-7-19-12(14-10)6-13(15)16/h3-5,7H,6H2,1-2H3,(H,15,16). The van der Waals surface area contributed by atoms with E-state index in [4.69, 9.17) is 5.11 Å². The molecular formula is C13H13NO4S2. The fraction of sp³-hybridized carbons (Fsp3) is 0.231. The molecule has 0 saturated carbocycles. The largest absolute Gasteiger partial charge is 0.481 e. The molecule has 0 amide bonds. The second-order valence-electron chi connectivity index (χ2n) is 4.47. The van der Waals surface area contributed by atoms with Crippen molar-refractivity contribution in [3.63, 3.8) is 0 Å². The molecule has 5 nitrogen and oxygen atoms in total. The number of carbonyl (C=O) groups is 1. The minimum Gasteiger partial charge on any atom is -0.481 e. The van der Waals surface area contributed by atoms with Crippen LogP contribution in [0.5, 0.6) is 0 Å². The van der Waals surface area contributed by atoms with Gasteiger partial charge in [-0.1, -0.05) is 11.6 Å². The smallest absolute Gasteiger partial charge is 0.310 e. The number of hydrogen-bond donors (Lipinski definition) is 1. The molecule has 106 valence electrons. The van der Waals surface area contributed by atoms with E-state index in [1.807, 2.05) is 6.92 Å². The second kappa shape index (κ2) is 5.34. The zero-order valence-electron chi connectivity index (χ0n) is 11.0. The van der Waals surface area contributed by atoms with Crippen molar-refractivity contribution in [1.82, 2.24) is 4.98 Å². The Balaban J connectivity index is 2.54. The molecular weight excluding hydrogens is 298 g/mol. The summed E-state index contributed by atoms with van der Waals surface area (Å²) in [6, 6.07) is 5.02. The zero-order chi connectivity index (χ0) is 14.9. The summed E-state index contributed by atoms with van der Waals surface area (Å²) in [6.07, 6.45) is 0.983. The molecule has 1 N–H and O–H groups in total. The van der Waals surface area contributed by atoms with Crippen molar-refractivity contribution in [3.05, 3.63) is 34.2 Å². The van der Waals surface area contributed by atoms with Crippen molar-refractivity contribution in [2.45, 2.75) is 18.2 Å². The Morgan fingerprint density at radius 3 is 2.70 bits per heavy atom. The number of nitrogens with zero attached hydrogens (tertiary/aromatic N) is 1. The van der Waals surface area contributed by atoms with Crippen molar-refractivity contribution in [1.29, 1.82) is 0 Å². The average Bonchev–Trinajstić information content (AvgIpc) is 2.74. The highest BCUT2D eigenvalue weighted by Gasteiger charge is 2.17. The predicted octanol–water partition coefficient (Wildman–Crippen LogP) is 2.15. The van der Waals surface area contributed by atoms with E-state index in [0.29, 0.717) is 16.3 Å². The second-order valence-corrected chi connectivity index (χ2v) is 7.40. The lowest BCUT2D eigenvalue weighted by atomic mass is 10.1. The maximum atomic E-state index is 11.8. The molecule has 0 radical (unpaired) electrons. The van der Waals surface area contributed by atoms with E-state index >= 15 is 0 Å². The Kier molecular flexibility index (Phi) is 3.92. The molecule has 0 spiro atoms.